The molecule has 372 valence electrons. The molecule has 0 aliphatic rings. The fourth-order valence-electron chi connectivity index (χ4n) is 6.47. The molecule has 0 unspecified atom stereocenters. The van der Waals surface area contributed by atoms with Crippen molar-refractivity contribution in [3.63, 3.8) is 0 Å². The van der Waals surface area contributed by atoms with Crippen LogP contribution in [0.25, 0.3) is 0 Å². The molecule has 26 nitrogen and oxygen atoms in total. The van der Waals surface area contributed by atoms with E-state index in [0.717, 1.165) is 0 Å². The molecule has 0 spiro atoms. The summed E-state index contributed by atoms with van der Waals surface area (Å²) in [6, 6.07) is -7.66. The number of aliphatic hydroxyl groups is 1. The van der Waals surface area contributed by atoms with Crippen molar-refractivity contribution >= 4 is 59.2 Å². The molecule has 0 bridgehead atoms. The van der Waals surface area contributed by atoms with Crippen molar-refractivity contribution in [2.45, 2.75) is 129 Å². The van der Waals surface area contributed by atoms with Crippen LogP contribution in [0, 0.1) is 34.0 Å². The molecular formula is C40H74N18O8. The number of carbonyl (C=O) groups excluding carboxylic acids is 7. The summed E-state index contributed by atoms with van der Waals surface area (Å²) >= 11 is 0. The summed E-state index contributed by atoms with van der Waals surface area (Å²) in [5, 5.41) is 55.7. The second kappa shape index (κ2) is 30.4. The minimum absolute atomic E-state index is 0.0225. The Kier molecular flexibility index (Phi) is 26.4. The minimum atomic E-state index is -1.40. The van der Waals surface area contributed by atoms with Gasteiger partial charge < -0.3 is 80.9 Å². The standard InChI is InChI=1S/C40H74N18O8/c1-21(2)15-27(35(64)57-28(16-22(3)4)36(65)58-30(19-59)31(41)60)56-34(63)26(11-8-14-51-40(46)47)53-33(62)25(10-7-13-50-39(44)45)54-37(66)29(17-24-18-48-20-52-24)55-32(61)23(5)9-6-12-49-38(42)43/h18,20-23,25-30,59H,6-17,19H2,1-5H3,(H2,41,60)(H,48,52)(H,53,62)(H,54,66)(H,55,61)(H,56,63)(H,57,64)(H,58,65)(H4,42,43,49)(H4,44,45,50)(H4,46,47,51)/t23-,25-,26-,27-,28-,29-,30-/m0/s1. The van der Waals surface area contributed by atoms with E-state index in [2.05, 4.69) is 57.8 Å². The number of hydrogen-bond acceptors (Lipinski definition) is 12. The van der Waals surface area contributed by atoms with E-state index in [-0.39, 0.29) is 87.7 Å². The second-order valence-electron chi connectivity index (χ2n) is 16.8. The first-order valence-electron chi connectivity index (χ1n) is 22.0. The van der Waals surface area contributed by atoms with Gasteiger partial charge in [-0.15, -0.1) is 0 Å². The van der Waals surface area contributed by atoms with Gasteiger partial charge in [0.2, 0.25) is 41.4 Å². The fraction of sp³-hybridized carbons (Fsp3) is 0.675. The van der Waals surface area contributed by atoms with E-state index in [1.807, 2.05) is 0 Å². The maximum Gasteiger partial charge on any atom is 0.243 e. The Bertz CT molecular complexity index is 1760. The van der Waals surface area contributed by atoms with Gasteiger partial charge in [-0.1, -0.05) is 34.6 Å². The average molecular weight is 935 g/mol. The SMILES string of the molecule is CC(C)C[C@H](NC(=O)[C@H](CC(C)C)NC(=O)[C@H](CCCNC(=N)N)NC(=O)[C@H](CCCNC(=N)N)NC(=O)[C@H](Cc1c[nH]cn1)NC(=O)[C@@H](C)CCCNC(=N)N)C(=O)N[C@@H](CO)C(N)=O. The predicted molar refractivity (Wildman–Crippen MR) is 246 cm³/mol. The number of hydrogen-bond donors (Lipinski definition) is 18. The number of nitrogens with two attached hydrogens (primary N) is 4. The second-order valence-corrected chi connectivity index (χ2v) is 16.8. The van der Waals surface area contributed by atoms with E-state index in [9.17, 15) is 38.7 Å². The zero-order valence-corrected chi connectivity index (χ0v) is 38.6. The average Bonchev–Trinajstić information content (AvgIpc) is 3.75. The van der Waals surface area contributed by atoms with Gasteiger partial charge in [0.05, 0.1) is 18.6 Å². The highest BCUT2D eigenvalue weighted by Crippen LogP contribution is 2.12. The highest BCUT2D eigenvalue weighted by Gasteiger charge is 2.34. The summed E-state index contributed by atoms with van der Waals surface area (Å²) in [6.45, 7) is 8.77. The number of primary amides is 1. The van der Waals surface area contributed by atoms with Crippen molar-refractivity contribution in [1.82, 2.24) is 57.8 Å². The number of nitrogens with one attached hydrogen (secondary N) is 13. The van der Waals surface area contributed by atoms with Crippen LogP contribution in [0.2, 0.25) is 0 Å². The van der Waals surface area contributed by atoms with E-state index in [0.29, 0.717) is 25.1 Å². The lowest BCUT2D eigenvalue weighted by molar-refractivity contribution is -0.136. The molecule has 1 heterocycles. The monoisotopic (exact) mass is 935 g/mol. The first-order valence-corrected chi connectivity index (χ1v) is 22.0. The normalized spacial score (nSPS) is 14.2. The third-order valence-corrected chi connectivity index (χ3v) is 9.94. The largest absolute Gasteiger partial charge is 0.394 e. The molecule has 7 atom stereocenters. The summed E-state index contributed by atoms with van der Waals surface area (Å²) < 4.78 is 0. The van der Waals surface area contributed by atoms with Crippen molar-refractivity contribution < 1.29 is 38.7 Å². The number of aliphatic hydroxyl groups excluding tert-OH is 1. The smallest absolute Gasteiger partial charge is 0.243 e. The summed E-state index contributed by atoms with van der Waals surface area (Å²) in [5.41, 5.74) is 22.0. The number of carbonyl (C=O) groups is 7. The van der Waals surface area contributed by atoms with Crippen molar-refractivity contribution in [3.8, 4) is 0 Å². The number of aromatic amines is 1. The van der Waals surface area contributed by atoms with Gasteiger partial charge in [0, 0.05) is 38.2 Å². The molecule has 0 fully saturated rings. The van der Waals surface area contributed by atoms with Crippen LogP contribution < -0.4 is 70.8 Å². The summed E-state index contributed by atoms with van der Waals surface area (Å²) in [7, 11) is 0. The fourth-order valence-corrected chi connectivity index (χ4v) is 6.47. The molecule has 1 rings (SSSR count). The van der Waals surface area contributed by atoms with Crippen molar-refractivity contribution in [2.75, 3.05) is 26.2 Å². The first-order chi connectivity index (χ1) is 31.0. The number of aromatic nitrogens is 2. The summed E-state index contributed by atoms with van der Waals surface area (Å²) in [4.78, 5) is 102. The van der Waals surface area contributed by atoms with Gasteiger partial charge in [-0.3, -0.25) is 49.8 Å². The summed E-state index contributed by atoms with van der Waals surface area (Å²) in [6.07, 6.45) is 4.37. The highest BCUT2D eigenvalue weighted by molar-refractivity contribution is 5.97. The zero-order valence-electron chi connectivity index (χ0n) is 38.6. The lowest BCUT2D eigenvalue weighted by Crippen LogP contribution is -2.60. The predicted octanol–water partition coefficient (Wildman–Crippen LogP) is -4.14. The van der Waals surface area contributed by atoms with Crippen molar-refractivity contribution in [3.05, 3.63) is 18.2 Å². The number of nitrogens with zero attached hydrogens (tertiary/aromatic N) is 1. The topological polar surface area (TPSA) is 452 Å². The van der Waals surface area contributed by atoms with Gasteiger partial charge in [0.15, 0.2) is 17.9 Å². The number of amides is 7. The quantitative estimate of drug-likeness (QED) is 0.0185. The molecule has 1 aromatic heterocycles. The van der Waals surface area contributed by atoms with E-state index in [1.54, 1.807) is 40.8 Å². The molecule has 0 radical (unpaired) electrons. The number of H-pyrrole nitrogens is 1. The van der Waals surface area contributed by atoms with Crippen LogP contribution in [0.1, 0.15) is 91.7 Å². The maximum absolute atomic E-state index is 14.2. The van der Waals surface area contributed by atoms with E-state index >= 15 is 0 Å². The van der Waals surface area contributed by atoms with Gasteiger partial charge in [0.25, 0.3) is 0 Å². The Morgan fingerprint density at radius 2 is 0.924 bits per heavy atom. The lowest BCUT2D eigenvalue weighted by Gasteiger charge is -2.28. The van der Waals surface area contributed by atoms with Gasteiger partial charge >= 0.3 is 0 Å². The summed E-state index contributed by atoms with van der Waals surface area (Å²) in [5.74, 6) is -6.96. The number of rotatable bonds is 32. The van der Waals surface area contributed by atoms with Crippen LogP contribution in [-0.4, -0.2) is 137 Å². The lowest BCUT2D eigenvalue weighted by atomic mass is 9.99. The molecule has 0 saturated heterocycles. The highest BCUT2D eigenvalue weighted by atomic mass is 16.3. The Morgan fingerprint density at radius 3 is 1.29 bits per heavy atom. The van der Waals surface area contributed by atoms with Gasteiger partial charge in [-0.25, -0.2) is 4.98 Å². The molecule has 0 aliphatic heterocycles. The number of guanidine groups is 3. The molecule has 26 heteroatoms. The third-order valence-electron chi connectivity index (χ3n) is 9.94. The van der Waals surface area contributed by atoms with Gasteiger partial charge in [-0.05, 0) is 63.2 Å². The van der Waals surface area contributed by atoms with Crippen LogP contribution in [0.15, 0.2) is 12.5 Å². The first kappa shape index (κ1) is 57.3. The molecule has 1 aromatic rings. The van der Waals surface area contributed by atoms with Crippen LogP contribution in [0.3, 0.4) is 0 Å². The molecular weight excluding hydrogens is 861 g/mol. The number of imidazole rings is 1. The van der Waals surface area contributed by atoms with Crippen LogP contribution in [0.5, 0.6) is 0 Å². The Labute approximate surface area is 385 Å². The van der Waals surface area contributed by atoms with Crippen LogP contribution >= 0.6 is 0 Å². The van der Waals surface area contributed by atoms with Crippen LogP contribution in [-0.2, 0) is 40.0 Å². The van der Waals surface area contributed by atoms with E-state index in [1.165, 1.54) is 6.33 Å². The van der Waals surface area contributed by atoms with Crippen molar-refractivity contribution in [1.29, 1.82) is 16.2 Å². The Balaban J connectivity index is 3.49. The Morgan fingerprint density at radius 1 is 0.561 bits per heavy atom. The molecule has 0 saturated carbocycles. The molecule has 0 aromatic carbocycles. The molecule has 22 N–H and O–H groups in total. The van der Waals surface area contributed by atoms with Gasteiger partial charge in [-0.2, -0.15) is 0 Å². The molecule has 0 aliphatic carbocycles. The van der Waals surface area contributed by atoms with Crippen molar-refractivity contribution in [2.24, 2.45) is 40.7 Å². The molecule has 66 heavy (non-hydrogen) atoms. The Hall–Kier alpha value is -6.73. The van der Waals surface area contributed by atoms with E-state index in [4.69, 9.17) is 39.2 Å². The van der Waals surface area contributed by atoms with E-state index < -0.39 is 90.1 Å². The zero-order chi connectivity index (χ0) is 49.9. The van der Waals surface area contributed by atoms with Gasteiger partial charge in [0.1, 0.15) is 36.3 Å². The molecule has 7 amide bonds. The maximum atomic E-state index is 14.2. The minimum Gasteiger partial charge on any atom is -0.394 e. The third kappa shape index (κ3) is 23.8. The van der Waals surface area contributed by atoms with Crippen LogP contribution in [0.4, 0.5) is 0 Å².